The van der Waals surface area contributed by atoms with Crippen LogP contribution in [-0.2, 0) is 4.79 Å². The van der Waals surface area contributed by atoms with E-state index in [-0.39, 0.29) is 5.91 Å². The molecule has 0 radical (unpaired) electrons. The second-order valence-electron chi connectivity index (χ2n) is 5.71. The lowest BCUT2D eigenvalue weighted by atomic mass is 10.1. The number of nitrogens with one attached hydrogen (secondary N) is 2. The van der Waals surface area contributed by atoms with Gasteiger partial charge in [-0.3, -0.25) is 15.0 Å². The average molecular weight is 308 g/mol. The summed E-state index contributed by atoms with van der Waals surface area (Å²) >= 11 is 0. The van der Waals surface area contributed by atoms with Crippen molar-refractivity contribution < 1.29 is 9.59 Å². The summed E-state index contributed by atoms with van der Waals surface area (Å²) in [6, 6.07) is 14.0. The number of urea groups is 1. The van der Waals surface area contributed by atoms with Crippen LogP contribution >= 0.6 is 0 Å². The molecule has 1 unspecified atom stereocenters. The zero-order valence-corrected chi connectivity index (χ0v) is 12.6. The molecule has 2 aromatic carbocycles. The van der Waals surface area contributed by atoms with Crippen molar-refractivity contribution in [2.45, 2.75) is 6.04 Å². The van der Waals surface area contributed by atoms with Crippen LogP contribution in [0, 0.1) is 0 Å². The highest BCUT2D eigenvalue weighted by Gasteiger charge is 2.40. The minimum atomic E-state index is -0.638. The summed E-state index contributed by atoms with van der Waals surface area (Å²) in [7, 11) is 1.98. The molecule has 0 bridgehead atoms. The molecule has 1 fully saturated rings. The SMILES string of the molecule is CN1CNc2ccc(N3C(=O)NC(=O)C3c3ccccc3)cc21. The van der Waals surface area contributed by atoms with Crippen LogP contribution in [0.15, 0.2) is 48.5 Å². The van der Waals surface area contributed by atoms with E-state index < -0.39 is 12.1 Å². The fourth-order valence-corrected chi connectivity index (χ4v) is 3.09. The molecule has 0 spiro atoms. The maximum absolute atomic E-state index is 12.3. The van der Waals surface area contributed by atoms with Gasteiger partial charge in [-0.05, 0) is 23.8 Å². The number of benzene rings is 2. The smallest absolute Gasteiger partial charge is 0.329 e. The number of anilines is 3. The molecule has 0 saturated carbocycles. The lowest BCUT2D eigenvalue weighted by molar-refractivity contribution is -0.119. The first-order chi connectivity index (χ1) is 11.1. The normalized spacial score (nSPS) is 19.6. The van der Waals surface area contributed by atoms with E-state index in [1.807, 2.05) is 55.6 Å². The predicted octanol–water partition coefficient (Wildman–Crippen LogP) is 2.30. The van der Waals surface area contributed by atoms with Crippen LogP contribution < -0.4 is 20.4 Å². The summed E-state index contributed by atoms with van der Waals surface area (Å²) in [5, 5.41) is 5.68. The van der Waals surface area contributed by atoms with Crippen LogP contribution in [0.3, 0.4) is 0 Å². The molecule has 6 heteroatoms. The number of carbonyl (C=O) groups is 2. The van der Waals surface area contributed by atoms with E-state index in [1.165, 1.54) is 4.90 Å². The van der Waals surface area contributed by atoms with Gasteiger partial charge in [0, 0.05) is 12.7 Å². The van der Waals surface area contributed by atoms with E-state index >= 15 is 0 Å². The van der Waals surface area contributed by atoms with Crippen molar-refractivity contribution in [2.75, 3.05) is 28.8 Å². The third kappa shape index (κ3) is 2.11. The van der Waals surface area contributed by atoms with Gasteiger partial charge >= 0.3 is 6.03 Å². The van der Waals surface area contributed by atoms with E-state index in [0.29, 0.717) is 5.69 Å². The van der Waals surface area contributed by atoms with Crippen molar-refractivity contribution in [3.8, 4) is 0 Å². The monoisotopic (exact) mass is 308 g/mol. The van der Waals surface area contributed by atoms with Gasteiger partial charge in [0.1, 0.15) is 6.04 Å². The fraction of sp³-hybridized carbons (Fsp3) is 0.176. The van der Waals surface area contributed by atoms with E-state index in [1.54, 1.807) is 0 Å². The van der Waals surface area contributed by atoms with Crippen LogP contribution in [0.25, 0.3) is 0 Å². The number of rotatable bonds is 2. The predicted molar refractivity (Wildman–Crippen MR) is 88.5 cm³/mol. The highest BCUT2D eigenvalue weighted by Crippen LogP contribution is 2.38. The van der Waals surface area contributed by atoms with Gasteiger partial charge in [0.05, 0.1) is 18.0 Å². The molecule has 116 valence electrons. The summed E-state index contributed by atoms with van der Waals surface area (Å²) in [4.78, 5) is 28.2. The summed E-state index contributed by atoms with van der Waals surface area (Å²) in [6.07, 6.45) is 0. The first-order valence-electron chi connectivity index (χ1n) is 7.43. The molecule has 23 heavy (non-hydrogen) atoms. The third-order valence-electron chi connectivity index (χ3n) is 4.25. The number of hydrogen-bond acceptors (Lipinski definition) is 4. The first kappa shape index (κ1) is 13.6. The van der Waals surface area contributed by atoms with Crippen molar-refractivity contribution in [1.29, 1.82) is 0 Å². The van der Waals surface area contributed by atoms with E-state index in [0.717, 1.165) is 23.6 Å². The zero-order chi connectivity index (χ0) is 16.0. The highest BCUT2D eigenvalue weighted by atomic mass is 16.2. The Morgan fingerprint density at radius 1 is 1.09 bits per heavy atom. The zero-order valence-electron chi connectivity index (χ0n) is 12.6. The largest absolute Gasteiger partial charge is 0.366 e. The lowest BCUT2D eigenvalue weighted by Crippen LogP contribution is -2.29. The van der Waals surface area contributed by atoms with Crippen LogP contribution in [0.4, 0.5) is 21.9 Å². The fourth-order valence-electron chi connectivity index (χ4n) is 3.09. The standard InChI is InChI=1S/C17H16N4O2/c1-20-10-18-13-8-7-12(9-14(13)20)21-15(16(22)19-17(21)23)11-5-3-2-4-6-11/h2-9,15,18H,10H2,1H3,(H,19,22,23). The maximum Gasteiger partial charge on any atom is 0.329 e. The number of imide groups is 1. The topological polar surface area (TPSA) is 64.7 Å². The van der Waals surface area contributed by atoms with Crippen molar-refractivity contribution >= 4 is 29.0 Å². The molecule has 3 amide bonds. The molecular weight excluding hydrogens is 292 g/mol. The van der Waals surface area contributed by atoms with Crippen molar-refractivity contribution in [3.05, 3.63) is 54.1 Å². The molecule has 6 nitrogen and oxygen atoms in total. The Balaban J connectivity index is 1.78. The Hall–Kier alpha value is -3.02. The Morgan fingerprint density at radius 2 is 1.87 bits per heavy atom. The number of nitrogens with zero attached hydrogens (tertiary/aromatic N) is 2. The Kier molecular flexibility index (Phi) is 2.97. The number of fused-ring (bicyclic) bond motifs is 1. The van der Waals surface area contributed by atoms with Gasteiger partial charge in [0.15, 0.2) is 0 Å². The van der Waals surface area contributed by atoms with Crippen LogP contribution in [0.1, 0.15) is 11.6 Å². The van der Waals surface area contributed by atoms with Crippen LogP contribution in [-0.4, -0.2) is 25.7 Å². The van der Waals surface area contributed by atoms with Gasteiger partial charge in [0.25, 0.3) is 5.91 Å². The van der Waals surface area contributed by atoms with Gasteiger partial charge in [-0.25, -0.2) is 4.79 Å². The molecule has 2 N–H and O–H groups in total. The molecule has 2 aromatic rings. The molecular formula is C17H16N4O2. The molecule has 2 aliphatic heterocycles. The minimum Gasteiger partial charge on any atom is -0.366 e. The van der Waals surface area contributed by atoms with Crippen molar-refractivity contribution in [1.82, 2.24) is 5.32 Å². The average Bonchev–Trinajstić information content (AvgIpc) is 3.07. The van der Waals surface area contributed by atoms with Crippen molar-refractivity contribution in [2.24, 2.45) is 0 Å². The maximum atomic E-state index is 12.3. The van der Waals surface area contributed by atoms with Crippen LogP contribution in [0.5, 0.6) is 0 Å². The van der Waals surface area contributed by atoms with Gasteiger partial charge in [-0.15, -0.1) is 0 Å². The van der Waals surface area contributed by atoms with E-state index in [2.05, 4.69) is 15.5 Å². The quantitative estimate of drug-likeness (QED) is 0.836. The van der Waals surface area contributed by atoms with Gasteiger partial charge in [0.2, 0.25) is 0 Å². The Bertz CT molecular complexity index is 790. The molecule has 1 saturated heterocycles. The van der Waals surface area contributed by atoms with E-state index in [9.17, 15) is 9.59 Å². The molecule has 0 aromatic heterocycles. The minimum absolute atomic E-state index is 0.298. The molecule has 2 heterocycles. The van der Waals surface area contributed by atoms with Gasteiger partial charge in [-0.1, -0.05) is 30.3 Å². The van der Waals surface area contributed by atoms with Crippen molar-refractivity contribution in [3.63, 3.8) is 0 Å². The third-order valence-corrected chi connectivity index (χ3v) is 4.25. The number of carbonyl (C=O) groups excluding carboxylic acids is 2. The first-order valence-corrected chi connectivity index (χ1v) is 7.43. The molecule has 4 rings (SSSR count). The molecule has 0 aliphatic carbocycles. The summed E-state index contributed by atoms with van der Waals surface area (Å²) in [5.41, 5.74) is 3.54. The van der Waals surface area contributed by atoms with Gasteiger partial charge < -0.3 is 10.2 Å². The Morgan fingerprint density at radius 3 is 2.65 bits per heavy atom. The summed E-state index contributed by atoms with van der Waals surface area (Å²) < 4.78 is 0. The second kappa shape index (κ2) is 5.01. The second-order valence-corrected chi connectivity index (χ2v) is 5.71. The number of hydrogen-bond donors (Lipinski definition) is 2. The number of amides is 3. The Labute approximate surface area is 133 Å². The summed E-state index contributed by atoms with van der Waals surface area (Å²) in [5.74, 6) is -0.298. The lowest BCUT2D eigenvalue weighted by Gasteiger charge is -2.23. The van der Waals surface area contributed by atoms with E-state index in [4.69, 9.17) is 0 Å². The highest BCUT2D eigenvalue weighted by molar-refractivity contribution is 6.14. The molecule has 1 atom stereocenters. The summed E-state index contributed by atoms with van der Waals surface area (Å²) in [6.45, 7) is 0.728. The molecule has 2 aliphatic rings. The van der Waals surface area contributed by atoms with Crippen LogP contribution in [0.2, 0.25) is 0 Å². The van der Waals surface area contributed by atoms with Gasteiger partial charge in [-0.2, -0.15) is 0 Å².